The maximum absolute atomic E-state index is 12.5. The van der Waals surface area contributed by atoms with Gasteiger partial charge in [-0.15, -0.1) is 11.3 Å². The van der Waals surface area contributed by atoms with Gasteiger partial charge in [0.15, 0.2) is 0 Å². The van der Waals surface area contributed by atoms with Crippen molar-refractivity contribution >= 4 is 23.2 Å². The molecule has 1 aromatic carbocycles. The SMILES string of the molecule is NC(=O)C1(Cc2ccccc2-c2cccs2)CCN(C(=O)Cn2cncn2)CC1. The number of likely N-dealkylation sites (tertiary alicyclic amines) is 1. The molecule has 2 N–H and O–H groups in total. The van der Waals surface area contributed by atoms with E-state index in [9.17, 15) is 9.59 Å². The molecule has 3 heterocycles. The first-order chi connectivity index (χ1) is 14.1. The number of carbonyl (C=O) groups is 2. The Morgan fingerprint density at radius 1 is 1.14 bits per heavy atom. The lowest BCUT2D eigenvalue weighted by atomic mass is 9.72. The zero-order chi connectivity index (χ0) is 20.3. The van der Waals surface area contributed by atoms with Gasteiger partial charge in [-0.25, -0.2) is 9.67 Å². The molecule has 0 bridgehead atoms. The first-order valence-electron chi connectivity index (χ1n) is 9.59. The van der Waals surface area contributed by atoms with Crippen LogP contribution in [0.5, 0.6) is 0 Å². The number of benzene rings is 1. The molecule has 1 aliphatic heterocycles. The molecule has 7 nitrogen and oxygen atoms in total. The van der Waals surface area contributed by atoms with Crippen molar-refractivity contribution in [3.8, 4) is 10.4 Å². The second kappa shape index (κ2) is 8.16. The standard InChI is InChI=1S/C21H23N5O2S/c22-20(28)21(12-16-4-1-2-5-17(16)18-6-3-11-29-18)7-9-25(10-8-21)19(27)13-26-15-23-14-24-26/h1-6,11,14-15H,7-10,12-13H2,(H2,22,28). The highest BCUT2D eigenvalue weighted by atomic mass is 32.1. The predicted octanol–water partition coefficient (Wildman–Crippen LogP) is 2.34. The van der Waals surface area contributed by atoms with Crippen molar-refractivity contribution in [2.75, 3.05) is 13.1 Å². The number of thiophene rings is 1. The summed E-state index contributed by atoms with van der Waals surface area (Å²) in [4.78, 5) is 31.9. The van der Waals surface area contributed by atoms with Crippen LogP contribution in [0.4, 0.5) is 0 Å². The van der Waals surface area contributed by atoms with Gasteiger partial charge in [-0.1, -0.05) is 30.3 Å². The molecule has 0 aliphatic carbocycles. The minimum atomic E-state index is -0.641. The Labute approximate surface area is 173 Å². The number of rotatable bonds is 6. The molecule has 0 unspecified atom stereocenters. The van der Waals surface area contributed by atoms with E-state index in [0.29, 0.717) is 32.4 Å². The zero-order valence-corrected chi connectivity index (χ0v) is 16.8. The predicted molar refractivity (Wildman–Crippen MR) is 111 cm³/mol. The second-order valence-electron chi connectivity index (χ2n) is 7.43. The number of aromatic nitrogens is 3. The van der Waals surface area contributed by atoms with Crippen LogP contribution >= 0.6 is 11.3 Å². The molecular formula is C21H23N5O2S. The summed E-state index contributed by atoms with van der Waals surface area (Å²) in [5.74, 6) is -0.311. The van der Waals surface area contributed by atoms with Crippen molar-refractivity contribution in [3.63, 3.8) is 0 Å². The van der Waals surface area contributed by atoms with E-state index in [4.69, 9.17) is 5.73 Å². The third kappa shape index (κ3) is 4.07. The Morgan fingerprint density at radius 3 is 2.59 bits per heavy atom. The van der Waals surface area contributed by atoms with Gasteiger partial charge in [-0.3, -0.25) is 9.59 Å². The lowest BCUT2D eigenvalue weighted by Gasteiger charge is -2.40. The molecule has 1 saturated heterocycles. The second-order valence-corrected chi connectivity index (χ2v) is 8.38. The molecule has 0 radical (unpaired) electrons. The molecule has 8 heteroatoms. The minimum absolute atomic E-state index is 0.0208. The maximum atomic E-state index is 12.5. The van der Waals surface area contributed by atoms with E-state index in [2.05, 4.69) is 33.7 Å². The number of carbonyl (C=O) groups excluding carboxylic acids is 2. The van der Waals surface area contributed by atoms with Crippen LogP contribution in [0.25, 0.3) is 10.4 Å². The van der Waals surface area contributed by atoms with Crippen LogP contribution < -0.4 is 5.73 Å². The maximum Gasteiger partial charge on any atom is 0.244 e. The molecule has 2 amide bonds. The lowest BCUT2D eigenvalue weighted by Crippen LogP contribution is -2.50. The monoisotopic (exact) mass is 409 g/mol. The van der Waals surface area contributed by atoms with E-state index in [1.165, 1.54) is 22.2 Å². The number of piperidine rings is 1. The molecule has 150 valence electrons. The van der Waals surface area contributed by atoms with Crippen LogP contribution in [0, 0.1) is 5.41 Å². The third-order valence-corrected chi connectivity index (χ3v) is 6.60. The Balaban J connectivity index is 1.49. The first-order valence-corrected chi connectivity index (χ1v) is 10.5. The molecular weight excluding hydrogens is 386 g/mol. The van der Waals surface area contributed by atoms with Crippen LogP contribution in [0.15, 0.2) is 54.4 Å². The van der Waals surface area contributed by atoms with Gasteiger partial charge in [-0.2, -0.15) is 5.10 Å². The Kier molecular flexibility index (Phi) is 5.44. The molecule has 0 spiro atoms. The van der Waals surface area contributed by atoms with Crippen molar-refractivity contribution in [2.24, 2.45) is 11.1 Å². The smallest absolute Gasteiger partial charge is 0.244 e. The van der Waals surface area contributed by atoms with Crippen LogP contribution in [-0.2, 0) is 22.6 Å². The fraction of sp³-hybridized carbons (Fsp3) is 0.333. The molecule has 0 atom stereocenters. The Bertz CT molecular complexity index is 976. The average molecular weight is 410 g/mol. The first kappa shape index (κ1) is 19.3. The number of nitrogens with zero attached hydrogens (tertiary/aromatic N) is 4. The highest BCUT2D eigenvalue weighted by Crippen LogP contribution is 2.38. The van der Waals surface area contributed by atoms with Crippen LogP contribution in [0.1, 0.15) is 18.4 Å². The van der Waals surface area contributed by atoms with E-state index in [1.807, 2.05) is 18.2 Å². The van der Waals surface area contributed by atoms with Crippen molar-refractivity contribution in [1.82, 2.24) is 19.7 Å². The highest BCUT2D eigenvalue weighted by molar-refractivity contribution is 7.13. The summed E-state index contributed by atoms with van der Waals surface area (Å²) < 4.78 is 1.51. The number of nitrogens with two attached hydrogens (primary N) is 1. The van der Waals surface area contributed by atoms with E-state index in [1.54, 1.807) is 16.2 Å². The van der Waals surface area contributed by atoms with Gasteiger partial charge in [0.2, 0.25) is 11.8 Å². The largest absolute Gasteiger partial charge is 0.369 e. The summed E-state index contributed by atoms with van der Waals surface area (Å²) in [7, 11) is 0. The summed E-state index contributed by atoms with van der Waals surface area (Å²) in [6, 6.07) is 12.3. The Hall–Kier alpha value is -3.00. The van der Waals surface area contributed by atoms with Gasteiger partial charge in [0.05, 0.1) is 5.41 Å². The summed E-state index contributed by atoms with van der Waals surface area (Å²) in [6.45, 7) is 1.18. The number of hydrogen-bond acceptors (Lipinski definition) is 5. The molecule has 4 rings (SSSR count). The summed E-state index contributed by atoms with van der Waals surface area (Å²) in [6.07, 6.45) is 4.64. The number of primary amides is 1. The third-order valence-electron chi connectivity index (χ3n) is 5.69. The van der Waals surface area contributed by atoms with Crippen molar-refractivity contribution < 1.29 is 9.59 Å². The van der Waals surface area contributed by atoms with Gasteiger partial charge in [0, 0.05) is 18.0 Å². The van der Waals surface area contributed by atoms with Gasteiger partial charge >= 0.3 is 0 Å². The van der Waals surface area contributed by atoms with E-state index < -0.39 is 5.41 Å². The number of hydrogen-bond donors (Lipinski definition) is 1. The minimum Gasteiger partial charge on any atom is -0.369 e. The highest BCUT2D eigenvalue weighted by Gasteiger charge is 2.41. The fourth-order valence-electron chi connectivity index (χ4n) is 3.96. The molecule has 1 fully saturated rings. The normalized spacial score (nSPS) is 15.9. The number of amides is 2. The van der Waals surface area contributed by atoms with E-state index in [0.717, 1.165) is 11.1 Å². The van der Waals surface area contributed by atoms with E-state index in [-0.39, 0.29) is 18.4 Å². The molecule has 2 aromatic heterocycles. The summed E-state index contributed by atoms with van der Waals surface area (Å²) >= 11 is 1.68. The zero-order valence-electron chi connectivity index (χ0n) is 16.0. The summed E-state index contributed by atoms with van der Waals surface area (Å²) in [5.41, 5.74) is 7.51. The Morgan fingerprint density at radius 2 is 1.93 bits per heavy atom. The molecule has 1 aliphatic rings. The van der Waals surface area contributed by atoms with Crippen molar-refractivity contribution in [1.29, 1.82) is 0 Å². The molecule has 3 aromatic rings. The lowest BCUT2D eigenvalue weighted by molar-refractivity contribution is -0.139. The van der Waals surface area contributed by atoms with Gasteiger partial charge in [0.1, 0.15) is 19.2 Å². The van der Waals surface area contributed by atoms with Crippen LogP contribution in [0.2, 0.25) is 0 Å². The van der Waals surface area contributed by atoms with Gasteiger partial charge < -0.3 is 10.6 Å². The topological polar surface area (TPSA) is 94.1 Å². The molecule has 0 saturated carbocycles. The van der Waals surface area contributed by atoms with Crippen molar-refractivity contribution in [3.05, 3.63) is 60.0 Å². The van der Waals surface area contributed by atoms with Gasteiger partial charge in [0.25, 0.3) is 0 Å². The summed E-state index contributed by atoms with van der Waals surface area (Å²) in [5, 5.41) is 6.03. The van der Waals surface area contributed by atoms with Crippen LogP contribution in [0.3, 0.4) is 0 Å². The fourth-order valence-corrected chi connectivity index (χ4v) is 4.75. The van der Waals surface area contributed by atoms with E-state index >= 15 is 0 Å². The average Bonchev–Trinajstić information content (AvgIpc) is 3.43. The molecule has 29 heavy (non-hydrogen) atoms. The van der Waals surface area contributed by atoms with Gasteiger partial charge in [-0.05, 0) is 41.8 Å². The van der Waals surface area contributed by atoms with Crippen molar-refractivity contribution in [2.45, 2.75) is 25.8 Å². The quantitative estimate of drug-likeness (QED) is 0.676. The van der Waals surface area contributed by atoms with Crippen LogP contribution in [-0.4, -0.2) is 44.6 Å².